The Morgan fingerprint density at radius 2 is 1.10 bits per heavy atom. The van der Waals surface area contributed by atoms with Gasteiger partial charge >= 0.3 is 6.11 Å². The van der Waals surface area contributed by atoms with Crippen LogP contribution in [0, 0.1) is 52.8 Å². The maximum Gasteiger partial charge on any atom is 0.400 e. The standard InChI is InChI=1S/C32H31F7O/c1-18-2-4-19(5-3-18)20-6-9-23(10-7-20)32(38,39)40-24-11-13-25(28(34)17-24)21-8-12-26(27(33)14-21)22-15-29(35)31(37)30(36)16-22/h8,11-20,23H,2-7,9-10H2,1H3. The lowest BCUT2D eigenvalue weighted by molar-refractivity contribution is -0.224. The Morgan fingerprint density at radius 3 is 1.68 bits per heavy atom. The Labute approximate surface area is 229 Å². The highest BCUT2D eigenvalue weighted by Gasteiger charge is 2.45. The molecule has 214 valence electrons. The number of benzene rings is 3. The van der Waals surface area contributed by atoms with Crippen LogP contribution in [0.5, 0.6) is 5.75 Å². The summed E-state index contributed by atoms with van der Waals surface area (Å²) in [5.74, 6) is -5.86. The van der Waals surface area contributed by atoms with Crippen molar-refractivity contribution in [3.63, 3.8) is 0 Å². The molecule has 0 heterocycles. The SMILES string of the molecule is CC1CCC(C2CCC(C(F)(F)Oc3ccc(-c4ccc(-c5cc(F)c(F)c(F)c5)c(F)c4)c(F)c3)CC2)CC1. The quantitative estimate of drug-likeness (QED) is 0.214. The van der Waals surface area contributed by atoms with Gasteiger partial charge in [-0.05, 0) is 97.7 Å². The van der Waals surface area contributed by atoms with Gasteiger partial charge in [-0.3, -0.25) is 0 Å². The molecule has 5 rings (SSSR count). The van der Waals surface area contributed by atoms with E-state index in [0.717, 1.165) is 30.9 Å². The van der Waals surface area contributed by atoms with Gasteiger partial charge in [-0.1, -0.05) is 31.9 Å². The summed E-state index contributed by atoms with van der Waals surface area (Å²) in [4.78, 5) is 0. The summed E-state index contributed by atoms with van der Waals surface area (Å²) in [6.45, 7) is 2.26. The first-order chi connectivity index (χ1) is 19.0. The first-order valence-electron chi connectivity index (χ1n) is 13.8. The molecule has 0 spiro atoms. The number of ether oxygens (including phenoxy) is 1. The zero-order valence-electron chi connectivity index (χ0n) is 22.1. The van der Waals surface area contributed by atoms with Crippen LogP contribution in [0.4, 0.5) is 30.7 Å². The first kappa shape index (κ1) is 28.5. The zero-order valence-corrected chi connectivity index (χ0v) is 22.1. The number of halogens is 7. The van der Waals surface area contributed by atoms with Crippen LogP contribution in [-0.4, -0.2) is 6.11 Å². The molecule has 8 heteroatoms. The molecular weight excluding hydrogens is 533 g/mol. The molecule has 0 unspecified atom stereocenters. The molecule has 2 saturated carbocycles. The fourth-order valence-corrected chi connectivity index (χ4v) is 6.35. The van der Waals surface area contributed by atoms with Crippen molar-refractivity contribution < 1.29 is 35.5 Å². The second kappa shape index (κ2) is 11.5. The van der Waals surface area contributed by atoms with E-state index in [1.54, 1.807) is 0 Å². The van der Waals surface area contributed by atoms with Crippen LogP contribution >= 0.6 is 0 Å². The fraction of sp³-hybridized carbons (Fsp3) is 0.438. The summed E-state index contributed by atoms with van der Waals surface area (Å²) in [5.41, 5.74) is -0.431. The Bertz CT molecular complexity index is 1330. The second-order valence-corrected chi connectivity index (χ2v) is 11.4. The lowest BCUT2D eigenvalue weighted by Crippen LogP contribution is -2.38. The van der Waals surface area contributed by atoms with Crippen molar-refractivity contribution in [2.75, 3.05) is 0 Å². The predicted octanol–water partition coefficient (Wildman–Crippen LogP) is 10.3. The van der Waals surface area contributed by atoms with Crippen molar-refractivity contribution in [3.05, 3.63) is 77.6 Å². The van der Waals surface area contributed by atoms with E-state index in [1.165, 1.54) is 49.9 Å². The molecule has 40 heavy (non-hydrogen) atoms. The highest BCUT2D eigenvalue weighted by Crippen LogP contribution is 2.45. The van der Waals surface area contributed by atoms with Crippen molar-refractivity contribution in [3.8, 4) is 28.0 Å². The number of hydrogen-bond acceptors (Lipinski definition) is 1. The summed E-state index contributed by atoms with van der Waals surface area (Å²) in [7, 11) is 0. The van der Waals surface area contributed by atoms with E-state index in [2.05, 4.69) is 6.92 Å². The van der Waals surface area contributed by atoms with Gasteiger partial charge in [0.1, 0.15) is 17.4 Å². The second-order valence-electron chi connectivity index (χ2n) is 11.4. The number of rotatable bonds is 6. The molecule has 0 atom stereocenters. The van der Waals surface area contributed by atoms with Gasteiger partial charge in [0.2, 0.25) is 0 Å². The van der Waals surface area contributed by atoms with Crippen LogP contribution < -0.4 is 4.74 Å². The predicted molar refractivity (Wildman–Crippen MR) is 139 cm³/mol. The van der Waals surface area contributed by atoms with E-state index < -0.39 is 41.1 Å². The monoisotopic (exact) mass is 564 g/mol. The molecule has 3 aromatic rings. The Hall–Kier alpha value is -3.03. The summed E-state index contributed by atoms with van der Waals surface area (Å²) in [6.07, 6.45) is 3.51. The van der Waals surface area contributed by atoms with Gasteiger partial charge in [0.25, 0.3) is 0 Å². The largest absolute Gasteiger partial charge is 0.432 e. The molecule has 0 radical (unpaired) electrons. The molecule has 0 aliphatic heterocycles. The van der Waals surface area contributed by atoms with Crippen molar-refractivity contribution in [1.29, 1.82) is 0 Å². The molecular formula is C32H31F7O. The summed E-state index contributed by atoms with van der Waals surface area (Å²) in [5, 5.41) is 0. The average molecular weight is 565 g/mol. The minimum absolute atomic E-state index is 0.0695. The van der Waals surface area contributed by atoms with Crippen molar-refractivity contribution in [2.24, 2.45) is 23.7 Å². The van der Waals surface area contributed by atoms with Gasteiger partial charge in [0.15, 0.2) is 17.5 Å². The van der Waals surface area contributed by atoms with Crippen LogP contribution in [0.25, 0.3) is 22.3 Å². The lowest BCUT2D eigenvalue weighted by atomic mass is 9.69. The Balaban J connectivity index is 1.25. The maximum atomic E-state index is 15.0. The average Bonchev–Trinajstić information content (AvgIpc) is 2.92. The number of alkyl halides is 2. The molecule has 3 aromatic carbocycles. The highest BCUT2D eigenvalue weighted by molar-refractivity contribution is 5.71. The molecule has 2 fully saturated rings. The van der Waals surface area contributed by atoms with Crippen molar-refractivity contribution in [2.45, 2.75) is 64.4 Å². The minimum Gasteiger partial charge on any atom is -0.432 e. The van der Waals surface area contributed by atoms with E-state index in [9.17, 15) is 22.0 Å². The van der Waals surface area contributed by atoms with Gasteiger partial charge < -0.3 is 4.74 Å². The van der Waals surface area contributed by atoms with Crippen LogP contribution in [0.1, 0.15) is 58.3 Å². The van der Waals surface area contributed by atoms with E-state index in [-0.39, 0.29) is 28.0 Å². The van der Waals surface area contributed by atoms with Crippen LogP contribution in [0.15, 0.2) is 48.5 Å². The van der Waals surface area contributed by atoms with Crippen LogP contribution in [0.2, 0.25) is 0 Å². The minimum atomic E-state index is -3.45. The smallest absolute Gasteiger partial charge is 0.400 e. The van der Waals surface area contributed by atoms with Crippen LogP contribution in [-0.2, 0) is 0 Å². The third-order valence-corrected chi connectivity index (χ3v) is 8.74. The summed E-state index contributed by atoms with van der Waals surface area (Å²) in [6, 6.07) is 8.03. The van der Waals surface area contributed by atoms with Gasteiger partial charge in [-0.15, -0.1) is 0 Å². The molecule has 0 amide bonds. The van der Waals surface area contributed by atoms with E-state index >= 15 is 8.78 Å². The highest BCUT2D eigenvalue weighted by atomic mass is 19.3. The zero-order chi connectivity index (χ0) is 28.6. The summed E-state index contributed by atoms with van der Waals surface area (Å²) >= 11 is 0. The van der Waals surface area contributed by atoms with E-state index in [0.29, 0.717) is 36.8 Å². The lowest BCUT2D eigenvalue weighted by Gasteiger charge is -2.38. The molecule has 2 aliphatic carbocycles. The van der Waals surface area contributed by atoms with Crippen molar-refractivity contribution >= 4 is 0 Å². The Morgan fingerprint density at radius 1 is 0.600 bits per heavy atom. The number of hydrogen-bond donors (Lipinski definition) is 0. The van der Waals surface area contributed by atoms with Gasteiger partial charge in [0, 0.05) is 17.2 Å². The third kappa shape index (κ3) is 6.01. The van der Waals surface area contributed by atoms with E-state index in [1.807, 2.05) is 0 Å². The van der Waals surface area contributed by atoms with Gasteiger partial charge in [0.05, 0.1) is 5.92 Å². The molecule has 0 aromatic heterocycles. The first-order valence-corrected chi connectivity index (χ1v) is 13.8. The van der Waals surface area contributed by atoms with Crippen molar-refractivity contribution in [1.82, 2.24) is 0 Å². The molecule has 2 aliphatic rings. The van der Waals surface area contributed by atoms with Crippen LogP contribution in [0.3, 0.4) is 0 Å². The van der Waals surface area contributed by atoms with Gasteiger partial charge in [-0.25, -0.2) is 22.0 Å². The molecule has 0 N–H and O–H groups in total. The topological polar surface area (TPSA) is 9.23 Å². The van der Waals surface area contributed by atoms with Gasteiger partial charge in [-0.2, -0.15) is 8.78 Å². The fourth-order valence-electron chi connectivity index (χ4n) is 6.35. The summed E-state index contributed by atoms with van der Waals surface area (Å²) < 4.78 is 105. The maximum absolute atomic E-state index is 15.0. The molecule has 0 saturated heterocycles. The Kier molecular flexibility index (Phi) is 8.16. The van der Waals surface area contributed by atoms with E-state index in [4.69, 9.17) is 4.74 Å². The molecule has 0 bridgehead atoms. The molecule has 1 nitrogen and oxygen atoms in total. The normalized spacial score (nSPS) is 23.7. The third-order valence-electron chi connectivity index (χ3n) is 8.74.